The van der Waals surface area contributed by atoms with Gasteiger partial charge >= 0.3 is 0 Å². The van der Waals surface area contributed by atoms with Gasteiger partial charge in [0.1, 0.15) is 18.1 Å². The molecule has 2 aromatic carbocycles. The van der Waals surface area contributed by atoms with Crippen molar-refractivity contribution < 1.29 is 14.0 Å². The molecule has 5 nitrogen and oxygen atoms in total. The van der Waals surface area contributed by atoms with Gasteiger partial charge in [-0.3, -0.25) is 0 Å². The maximum Gasteiger partial charge on any atom is 0.177 e. The molecule has 3 rings (SSSR count). The van der Waals surface area contributed by atoms with Gasteiger partial charge < -0.3 is 19.3 Å². The van der Waals surface area contributed by atoms with E-state index in [1.807, 2.05) is 44.3 Å². The van der Waals surface area contributed by atoms with Gasteiger partial charge in [0.15, 0.2) is 11.4 Å². The predicted molar refractivity (Wildman–Crippen MR) is 85.6 cm³/mol. The molecule has 1 heterocycles. The van der Waals surface area contributed by atoms with E-state index in [-0.39, 0.29) is 0 Å². The highest BCUT2D eigenvalue weighted by atomic mass is 16.5. The first-order chi connectivity index (χ1) is 10.7. The lowest BCUT2D eigenvalue weighted by atomic mass is 10.1. The predicted octanol–water partition coefficient (Wildman–Crippen LogP) is 3.77. The number of benzene rings is 2. The van der Waals surface area contributed by atoms with Crippen LogP contribution in [0.2, 0.25) is 0 Å². The maximum atomic E-state index is 5.82. The lowest BCUT2D eigenvalue weighted by Gasteiger charge is -2.09. The van der Waals surface area contributed by atoms with Crippen LogP contribution in [0.15, 0.2) is 40.9 Å². The van der Waals surface area contributed by atoms with E-state index in [0.29, 0.717) is 12.2 Å². The third-order valence-electron chi connectivity index (χ3n) is 3.55. The summed E-state index contributed by atoms with van der Waals surface area (Å²) in [5.41, 5.74) is 2.88. The molecule has 1 aromatic heterocycles. The Bertz CT molecular complexity index is 796. The van der Waals surface area contributed by atoms with Crippen LogP contribution < -0.4 is 14.8 Å². The van der Waals surface area contributed by atoms with Crippen molar-refractivity contribution in [2.45, 2.75) is 13.5 Å². The molecule has 0 fully saturated rings. The molecule has 3 aromatic rings. The number of rotatable bonds is 5. The van der Waals surface area contributed by atoms with Crippen LogP contribution in [0, 0.1) is 6.92 Å². The molecule has 0 radical (unpaired) electrons. The molecule has 0 amide bonds. The lowest BCUT2D eigenvalue weighted by molar-refractivity contribution is 0.305. The van der Waals surface area contributed by atoms with Crippen LogP contribution in [-0.2, 0) is 6.61 Å². The summed E-state index contributed by atoms with van der Waals surface area (Å²) in [5, 5.41) is 7.88. The lowest BCUT2D eigenvalue weighted by Crippen LogP contribution is -1.97. The van der Waals surface area contributed by atoms with Crippen LogP contribution in [0.5, 0.6) is 11.5 Å². The molecular formula is C17H18N2O3. The molecule has 114 valence electrons. The van der Waals surface area contributed by atoms with Gasteiger partial charge in [0.2, 0.25) is 0 Å². The van der Waals surface area contributed by atoms with Crippen LogP contribution in [0.3, 0.4) is 0 Å². The molecule has 1 N–H and O–H groups in total. The number of nitrogens with zero attached hydrogens (tertiary/aromatic N) is 1. The van der Waals surface area contributed by atoms with E-state index >= 15 is 0 Å². The SMILES string of the molecule is CNc1noc2cc(OCc3ccc(OC)c(C)c3)ccc12. The van der Waals surface area contributed by atoms with Gasteiger partial charge in [0.25, 0.3) is 0 Å². The number of methoxy groups -OCH3 is 1. The molecule has 5 heteroatoms. The maximum absolute atomic E-state index is 5.82. The number of hydrogen-bond donors (Lipinski definition) is 1. The Hall–Kier alpha value is -2.69. The van der Waals surface area contributed by atoms with Crippen LogP contribution >= 0.6 is 0 Å². The quantitative estimate of drug-likeness (QED) is 0.777. The topological polar surface area (TPSA) is 56.5 Å². The minimum atomic E-state index is 0.489. The Morgan fingerprint density at radius 1 is 1.18 bits per heavy atom. The summed E-state index contributed by atoms with van der Waals surface area (Å²) in [6, 6.07) is 11.7. The fourth-order valence-electron chi connectivity index (χ4n) is 2.38. The summed E-state index contributed by atoms with van der Waals surface area (Å²) in [6.45, 7) is 2.51. The molecular weight excluding hydrogens is 280 g/mol. The van der Waals surface area contributed by atoms with Gasteiger partial charge in [0, 0.05) is 13.1 Å². The van der Waals surface area contributed by atoms with Crippen LogP contribution in [0.4, 0.5) is 5.82 Å². The second kappa shape index (κ2) is 5.97. The molecule has 22 heavy (non-hydrogen) atoms. The molecule has 0 saturated carbocycles. The van der Waals surface area contributed by atoms with Crippen LogP contribution in [0.1, 0.15) is 11.1 Å². The highest BCUT2D eigenvalue weighted by molar-refractivity contribution is 5.88. The van der Waals surface area contributed by atoms with Gasteiger partial charge in [0.05, 0.1) is 12.5 Å². The van der Waals surface area contributed by atoms with Crippen LogP contribution in [0.25, 0.3) is 11.0 Å². The third-order valence-corrected chi connectivity index (χ3v) is 3.55. The van der Waals surface area contributed by atoms with E-state index in [9.17, 15) is 0 Å². The van der Waals surface area contributed by atoms with Gasteiger partial charge in [-0.2, -0.15) is 0 Å². The van der Waals surface area contributed by atoms with Crippen molar-refractivity contribution in [2.24, 2.45) is 0 Å². The second-order valence-electron chi connectivity index (χ2n) is 5.03. The molecule has 0 unspecified atom stereocenters. The van der Waals surface area contributed by atoms with Crippen molar-refractivity contribution in [1.82, 2.24) is 5.16 Å². The average molecular weight is 298 g/mol. The van der Waals surface area contributed by atoms with Gasteiger partial charge in [-0.05, 0) is 42.3 Å². The van der Waals surface area contributed by atoms with Gasteiger partial charge in [-0.1, -0.05) is 11.2 Å². The van der Waals surface area contributed by atoms with E-state index in [0.717, 1.165) is 33.8 Å². The minimum Gasteiger partial charge on any atom is -0.496 e. The van der Waals surface area contributed by atoms with Crippen molar-refractivity contribution in [2.75, 3.05) is 19.5 Å². The van der Waals surface area contributed by atoms with E-state index in [4.69, 9.17) is 14.0 Å². The normalized spacial score (nSPS) is 10.7. The number of ether oxygens (including phenoxy) is 2. The number of aryl methyl sites for hydroxylation is 1. The molecule has 0 aliphatic heterocycles. The van der Waals surface area contributed by atoms with Crippen molar-refractivity contribution in [3.63, 3.8) is 0 Å². The summed E-state index contributed by atoms with van der Waals surface area (Å²) in [6.07, 6.45) is 0. The molecule has 0 aliphatic carbocycles. The van der Waals surface area contributed by atoms with Crippen molar-refractivity contribution in [3.8, 4) is 11.5 Å². The number of aromatic nitrogens is 1. The van der Waals surface area contributed by atoms with Crippen LogP contribution in [-0.4, -0.2) is 19.3 Å². The summed E-state index contributed by atoms with van der Waals surface area (Å²) >= 11 is 0. The Morgan fingerprint density at radius 2 is 2.05 bits per heavy atom. The minimum absolute atomic E-state index is 0.489. The summed E-state index contributed by atoms with van der Waals surface area (Å²) in [5.74, 6) is 2.36. The number of fused-ring (bicyclic) bond motifs is 1. The largest absolute Gasteiger partial charge is 0.496 e. The van der Waals surface area contributed by atoms with E-state index < -0.39 is 0 Å². The fraction of sp³-hybridized carbons (Fsp3) is 0.235. The first-order valence-electron chi connectivity index (χ1n) is 7.05. The standard InChI is InChI=1S/C17H18N2O3/c1-11-8-12(4-7-15(11)20-3)10-21-13-5-6-14-16(9-13)22-19-17(14)18-2/h4-9H,10H2,1-3H3,(H,18,19). The third kappa shape index (κ3) is 2.70. The summed E-state index contributed by atoms with van der Waals surface area (Å²) in [7, 11) is 3.48. The zero-order chi connectivity index (χ0) is 15.5. The Labute approximate surface area is 128 Å². The monoisotopic (exact) mass is 298 g/mol. The molecule has 0 aliphatic rings. The van der Waals surface area contributed by atoms with Crippen molar-refractivity contribution in [1.29, 1.82) is 0 Å². The molecule has 0 saturated heterocycles. The van der Waals surface area contributed by atoms with Crippen molar-refractivity contribution in [3.05, 3.63) is 47.5 Å². The summed E-state index contributed by atoms with van der Waals surface area (Å²) in [4.78, 5) is 0. The first-order valence-corrected chi connectivity index (χ1v) is 7.05. The zero-order valence-electron chi connectivity index (χ0n) is 12.8. The first kappa shape index (κ1) is 14.3. The highest BCUT2D eigenvalue weighted by Crippen LogP contribution is 2.27. The highest BCUT2D eigenvalue weighted by Gasteiger charge is 2.08. The van der Waals surface area contributed by atoms with E-state index in [2.05, 4.69) is 16.5 Å². The second-order valence-corrected chi connectivity index (χ2v) is 5.03. The van der Waals surface area contributed by atoms with Crippen molar-refractivity contribution >= 4 is 16.8 Å². The average Bonchev–Trinajstić information content (AvgIpc) is 2.95. The molecule has 0 atom stereocenters. The molecule has 0 bridgehead atoms. The van der Waals surface area contributed by atoms with E-state index in [1.54, 1.807) is 7.11 Å². The Balaban J connectivity index is 1.74. The summed E-state index contributed by atoms with van der Waals surface area (Å²) < 4.78 is 16.4. The zero-order valence-corrected chi connectivity index (χ0v) is 12.8. The Morgan fingerprint density at radius 3 is 2.77 bits per heavy atom. The smallest absolute Gasteiger partial charge is 0.177 e. The van der Waals surface area contributed by atoms with E-state index in [1.165, 1.54) is 0 Å². The number of nitrogens with one attached hydrogen (secondary N) is 1. The Kier molecular flexibility index (Phi) is 3.87. The fourth-order valence-corrected chi connectivity index (χ4v) is 2.38. The van der Waals surface area contributed by atoms with Gasteiger partial charge in [-0.25, -0.2) is 0 Å². The molecule has 0 spiro atoms. The number of anilines is 1. The van der Waals surface area contributed by atoms with Gasteiger partial charge in [-0.15, -0.1) is 0 Å². The number of hydrogen-bond acceptors (Lipinski definition) is 5.